The van der Waals surface area contributed by atoms with Crippen molar-refractivity contribution in [2.45, 2.75) is 25.4 Å². The maximum Gasteiger partial charge on any atom is 0.188 e. The van der Waals surface area contributed by atoms with Crippen LogP contribution in [-0.2, 0) is 11.2 Å². The Kier molecular flexibility index (Phi) is 7.79. The van der Waals surface area contributed by atoms with Crippen molar-refractivity contribution in [3.63, 3.8) is 0 Å². The summed E-state index contributed by atoms with van der Waals surface area (Å²) in [6.45, 7) is 3.29. The van der Waals surface area contributed by atoms with Crippen LogP contribution >= 0.6 is 0 Å². The monoisotopic (exact) mass is 292 g/mol. The van der Waals surface area contributed by atoms with Gasteiger partial charge in [-0.25, -0.2) is 0 Å². The molecule has 0 heterocycles. The standard InChI is InChI=1S/C16H28N4O/c1-13(12-21-4)19-16(17)18-11-15(20(2)3)10-14-8-6-5-7-9-14/h5-9,13,15H,10-12H2,1-4H3,(H3,17,18,19). The van der Waals surface area contributed by atoms with E-state index in [9.17, 15) is 0 Å². The molecule has 3 N–H and O–H groups in total. The number of hydrogen-bond acceptors (Lipinski definition) is 3. The Morgan fingerprint density at radius 1 is 1.33 bits per heavy atom. The van der Waals surface area contributed by atoms with Crippen molar-refractivity contribution in [3.05, 3.63) is 35.9 Å². The zero-order valence-electron chi connectivity index (χ0n) is 13.5. The Labute approximate surface area is 128 Å². The lowest BCUT2D eigenvalue weighted by Gasteiger charge is -2.23. The summed E-state index contributed by atoms with van der Waals surface area (Å²) < 4.78 is 5.07. The van der Waals surface area contributed by atoms with E-state index in [1.165, 1.54) is 5.56 Å². The number of nitrogens with two attached hydrogens (primary N) is 1. The van der Waals surface area contributed by atoms with Crippen LogP contribution in [0.25, 0.3) is 0 Å². The van der Waals surface area contributed by atoms with Gasteiger partial charge in [0.2, 0.25) is 0 Å². The van der Waals surface area contributed by atoms with E-state index in [2.05, 4.69) is 53.6 Å². The summed E-state index contributed by atoms with van der Waals surface area (Å²) in [7, 11) is 5.81. The molecule has 2 unspecified atom stereocenters. The van der Waals surface area contributed by atoms with E-state index in [4.69, 9.17) is 10.5 Å². The zero-order valence-corrected chi connectivity index (χ0v) is 13.5. The van der Waals surface area contributed by atoms with E-state index in [1.807, 2.05) is 13.0 Å². The van der Waals surface area contributed by atoms with Crippen LogP contribution in [0, 0.1) is 0 Å². The predicted octanol–water partition coefficient (Wildman–Crippen LogP) is 1.10. The molecule has 0 saturated carbocycles. The number of rotatable bonds is 8. The number of hydrogen-bond donors (Lipinski definition) is 2. The Balaban J connectivity index is 2.54. The molecule has 5 nitrogen and oxygen atoms in total. The second-order valence-corrected chi connectivity index (χ2v) is 5.53. The smallest absolute Gasteiger partial charge is 0.188 e. The molecule has 1 aromatic carbocycles. The van der Waals surface area contributed by atoms with E-state index in [1.54, 1.807) is 7.11 Å². The summed E-state index contributed by atoms with van der Waals surface area (Å²) in [5, 5.41) is 3.12. The first-order valence-corrected chi connectivity index (χ1v) is 7.28. The van der Waals surface area contributed by atoms with E-state index in [0.29, 0.717) is 25.2 Å². The molecule has 5 heteroatoms. The first kappa shape index (κ1) is 17.5. The lowest BCUT2D eigenvalue weighted by molar-refractivity contribution is 0.179. The second-order valence-electron chi connectivity index (χ2n) is 5.53. The quantitative estimate of drug-likeness (QED) is 0.556. The molecule has 0 aliphatic heterocycles. The van der Waals surface area contributed by atoms with Crippen LogP contribution < -0.4 is 11.1 Å². The van der Waals surface area contributed by atoms with Crippen molar-refractivity contribution in [1.29, 1.82) is 0 Å². The molecule has 0 radical (unpaired) electrons. The van der Waals surface area contributed by atoms with Gasteiger partial charge in [-0.1, -0.05) is 30.3 Å². The first-order valence-electron chi connectivity index (χ1n) is 7.28. The maximum atomic E-state index is 5.91. The fourth-order valence-electron chi connectivity index (χ4n) is 2.09. The van der Waals surface area contributed by atoms with Crippen LogP contribution in [0.4, 0.5) is 0 Å². The summed E-state index contributed by atoms with van der Waals surface area (Å²) >= 11 is 0. The van der Waals surface area contributed by atoms with Gasteiger partial charge in [0, 0.05) is 19.2 Å². The molecule has 0 fully saturated rings. The third-order valence-electron chi connectivity index (χ3n) is 3.33. The minimum atomic E-state index is 0.158. The van der Waals surface area contributed by atoms with Crippen LogP contribution in [0.2, 0.25) is 0 Å². The third kappa shape index (κ3) is 7.11. The molecular weight excluding hydrogens is 264 g/mol. The first-order chi connectivity index (χ1) is 10.0. The van der Waals surface area contributed by atoms with Crippen molar-refractivity contribution >= 4 is 5.96 Å². The molecule has 0 aliphatic rings. The van der Waals surface area contributed by atoms with E-state index in [-0.39, 0.29) is 6.04 Å². The molecule has 118 valence electrons. The molecule has 0 amide bonds. The topological polar surface area (TPSA) is 62.9 Å². The molecule has 0 aromatic heterocycles. The zero-order chi connectivity index (χ0) is 15.7. The number of ether oxygens (including phenoxy) is 1. The minimum absolute atomic E-state index is 0.158. The van der Waals surface area contributed by atoms with Crippen molar-refractivity contribution in [2.24, 2.45) is 10.7 Å². The third-order valence-corrected chi connectivity index (χ3v) is 3.33. The molecule has 1 aromatic rings. The molecule has 0 aliphatic carbocycles. The number of likely N-dealkylation sites (N-methyl/N-ethyl adjacent to an activating group) is 1. The fourth-order valence-corrected chi connectivity index (χ4v) is 2.09. The van der Waals surface area contributed by atoms with Gasteiger partial charge < -0.3 is 20.7 Å². The van der Waals surface area contributed by atoms with Gasteiger partial charge in [-0.3, -0.25) is 4.99 Å². The average Bonchev–Trinajstić information content (AvgIpc) is 2.44. The molecular formula is C16H28N4O. The number of guanidine groups is 1. The summed E-state index contributed by atoms with van der Waals surface area (Å²) in [5.41, 5.74) is 7.22. The highest BCUT2D eigenvalue weighted by molar-refractivity contribution is 5.78. The van der Waals surface area contributed by atoms with Crippen LogP contribution in [-0.4, -0.2) is 57.3 Å². The van der Waals surface area contributed by atoms with E-state index in [0.717, 1.165) is 6.42 Å². The SMILES string of the molecule is COCC(C)NC(N)=NCC(Cc1ccccc1)N(C)C. The highest BCUT2D eigenvalue weighted by atomic mass is 16.5. The summed E-state index contributed by atoms with van der Waals surface area (Å²) in [5.74, 6) is 0.472. The minimum Gasteiger partial charge on any atom is -0.383 e. The highest BCUT2D eigenvalue weighted by Crippen LogP contribution is 2.07. The lowest BCUT2D eigenvalue weighted by atomic mass is 10.1. The normalized spacial score (nSPS) is 15.0. The van der Waals surface area contributed by atoms with Gasteiger partial charge in [0.1, 0.15) is 0 Å². The number of benzene rings is 1. The van der Waals surface area contributed by atoms with Crippen molar-refractivity contribution in [1.82, 2.24) is 10.2 Å². The number of methoxy groups -OCH3 is 1. The number of aliphatic imine (C=N–C) groups is 1. The fraction of sp³-hybridized carbons (Fsp3) is 0.562. The van der Waals surface area contributed by atoms with E-state index >= 15 is 0 Å². The Morgan fingerprint density at radius 2 is 2.00 bits per heavy atom. The van der Waals surface area contributed by atoms with Gasteiger partial charge in [0.05, 0.1) is 13.2 Å². The van der Waals surface area contributed by atoms with Gasteiger partial charge >= 0.3 is 0 Å². The molecule has 0 spiro atoms. The Bertz CT molecular complexity index is 420. The highest BCUT2D eigenvalue weighted by Gasteiger charge is 2.12. The lowest BCUT2D eigenvalue weighted by Crippen LogP contribution is -2.42. The summed E-state index contributed by atoms with van der Waals surface area (Å²) in [6.07, 6.45) is 0.957. The van der Waals surface area contributed by atoms with Gasteiger partial charge in [-0.05, 0) is 33.0 Å². The van der Waals surface area contributed by atoms with Crippen LogP contribution in [0.15, 0.2) is 35.3 Å². The van der Waals surface area contributed by atoms with Gasteiger partial charge in [-0.2, -0.15) is 0 Å². The molecule has 21 heavy (non-hydrogen) atoms. The number of nitrogens with one attached hydrogen (secondary N) is 1. The van der Waals surface area contributed by atoms with Gasteiger partial charge in [0.25, 0.3) is 0 Å². The van der Waals surface area contributed by atoms with Crippen molar-refractivity contribution in [2.75, 3.05) is 34.4 Å². The summed E-state index contributed by atoms with van der Waals surface area (Å²) in [4.78, 5) is 6.63. The van der Waals surface area contributed by atoms with Gasteiger partial charge in [0.15, 0.2) is 5.96 Å². The van der Waals surface area contributed by atoms with Crippen molar-refractivity contribution in [3.8, 4) is 0 Å². The largest absolute Gasteiger partial charge is 0.383 e. The van der Waals surface area contributed by atoms with Crippen LogP contribution in [0.3, 0.4) is 0 Å². The Morgan fingerprint density at radius 3 is 2.57 bits per heavy atom. The molecule has 2 atom stereocenters. The average molecular weight is 292 g/mol. The number of nitrogens with zero attached hydrogens (tertiary/aromatic N) is 2. The predicted molar refractivity (Wildman–Crippen MR) is 88.6 cm³/mol. The Hall–Kier alpha value is -1.59. The second kappa shape index (κ2) is 9.37. The van der Waals surface area contributed by atoms with Crippen LogP contribution in [0.5, 0.6) is 0 Å². The van der Waals surface area contributed by atoms with Crippen LogP contribution in [0.1, 0.15) is 12.5 Å². The van der Waals surface area contributed by atoms with Gasteiger partial charge in [-0.15, -0.1) is 0 Å². The van der Waals surface area contributed by atoms with E-state index < -0.39 is 0 Å². The van der Waals surface area contributed by atoms with Crippen molar-refractivity contribution < 1.29 is 4.74 Å². The maximum absolute atomic E-state index is 5.91. The summed E-state index contributed by atoms with van der Waals surface area (Å²) in [6, 6.07) is 10.9. The molecule has 1 rings (SSSR count). The molecule has 0 saturated heterocycles. The molecule has 0 bridgehead atoms.